The summed E-state index contributed by atoms with van der Waals surface area (Å²) in [5.41, 5.74) is 8.62. The second-order valence-electron chi connectivity index (χ2n) is 13.0. The molecule has 7 aromatic rings. The molecule has 0 aliphatic carbocycles. The van der Waals surface area contributed by atoms with E-state index < -0.39 is 5.97 Å². The Hall–Kier alpha value is -5.85. The smallest absolute Gasteiger partial charge is 0.352 e. The Labute approximate surface area is 298 Å². The summed E-state index contributed by atoms with van der Waals surface area (Å²) in [7, 11) is 0. The fourth-order valence-electron chi connectivity index (χ4n) is 7.55. The minimum Gasteiger partial charge on any atom is -0.493 e. The number of aryl methyl sites for hydroxylation is 1. The molecule has 0 amide bonds. The zero-order valence-electron chi connectivity index (χ0n) is 28.5. The quantitative estimate of drug-likeness (QED) is 0.139. The lowest BCUT2D eigenvalue weighted by molar-refractivity contribution is 0.0684. The van der Waals surface area contributed by atoms with Gasteiger partial charge in [-0.3, -0.25) is 0 Å². The molecule has 2 heterocycles. The summed E-state index contributed by atoms with van der Waals surface area (Å²) >= 11 is 0. The molecule has 0 bridgehead atoms. The number of morpholine rings is 1. The number of hydrogen-bond acceptors (Lipinski definition) is 4. The summed E-state index contributed by atoms with van der Waals surface area (Å²) in [6, 6.07) is 47.8. The third kappa shape index (κ3) is 6.58. The predicted octanol–water partition coefficient (Wildman–Crippen LogP) is 9.72. The number of anilines is 1. The molecule has 1 fully saturated rings. The topological polar surface area (TPSA) is 63.9 Å². The SMILES string of the molecule is O=C(O)c1c(CCCOc2cccc3ccccc23)c2cccc(-c3ccccc3N3CCOCC3)c2n1Cc1cccc(-c2ccccc2)c1. The van der Waals surface area contributed by atoms with E-state index in [0.29, 0.717) is 44.9 Å². The number of para-hydroxylation sites is 2. The van der Waals surface area contributed by atoms with Gasteiger partial charge in [-0.05, 0) is 58.7 Å². The number of rotatable bonds is 11. The van der Waals surface area contributed by atoms with Gasteiger partial charge in [0.05, 0.1) is 25.3 Å². The molecule has 1 aromatic heterocycles. The van der Waals surface area contributed by atoms with Gasteiger partial charge in [0.15, 0.2) is 0 Å². The monoisotopic (exact) mass is 672 g/mol. The highest BCUT2D eigenvalue weighted by atomic mass is 16.5. The number of nitrogens with zero attached hydrogens (tertiary/aromatic N) is 2. The Morgan fingerprint density at radius 3 is 2.25 bits per heavy atom. The van der Waals surface area contributed by atoms with Gasteiger partial charge in [0.1, 0.15) is 11.4 Å². The molecule has 0 unspecified atom stereocenters. The van der Waals surface area contributed by atoms with E-state index in [-0.39, 0.29) is 0 Å². The fourth-order valence-corrected chi connectivity index (χ4v) is 7.55. The highest BCUT2D eigenvalue weighted by Gasteiger charge is 2.26. The van der Waals surface area contributed by atoms with Crippen LogP contribution >= 0.6 is 0 Å². The first-order valence-corrected chi connectivity index (χ1v) is 17.7. The zero-order valence-corrected chi connectivity index (χ0v) is 28.5. The van der Waals surface area contributed by atoms with Gasteiger partial charge in [-0.25, -0.2) is 4.79 Å². The van der Waals surface area contributed by atoms with Crippen LogP contribution in [0.1, 0.15) is 28.0 Å². The first kappa shape index (κ1) is 32.4. The minimum atomic E-state index is -0.928. The Balaban J connectivity index is 1.22. The van der Waals surface area contributed by atoms with E-state index in [1.165, 1.54) is 0 Å². The van der Waals surface area contributed by atoms with Crippen LogP contribution in [0.15, 0.2) is 140 Å². The number of carboxylic acid groups (broad SMARTS) is 1. The van der Waals surface area contributed by atoms with E-state index in [2.05, 4.69) is 102 Å². The molecule has 0 spiro atoms. The molecule has 1 aliphatic heterocycles. The summed E-state index contributed by atoms with van der Waals surface area (Å²) in [5.74, 6) is -0.0860. The van der Waals surface area contributed by atoms with Crippen LogP contribution in [0.3, 0.4) is 0 Å². The first-order chi connectivity index (χ1) is 25.2. The van der Waals surface area contributed by atoms with Gasteiger partial charge >= 0.3 is 5.97 Å². The van der Waals surface area contributed by atoms with Gasteiger partial charge in [-0.2, -0.15) is 0 Å². The molecule has 1 aliphatic rings. The van der Waals surface area contributed by atoms with Crippen molar-refractivity contribution < 1.29 is 19.4 Å². The third-order valence-corrected chi connectivity index (χ3v) is 9.89. The Morgan fingerprint density at radius 1 is 0.706 bits per heavy atom. The molecule has 6 heteroatoms. The maximum absolute atomic E-state index is 13.4. The van der Waals surface area contributed by atoms with Crippen molar-refractivity contribution in [1.82, 2.24) is 4.57 Å². The Morgan fingerprint density at radius 2 is 1.39 bits per heavy atom. The molecule has 8 rings (SSSR count). The lowest BCUT2D eigenvalue weighted by Crippen LogP contribution is -2.36. The Kier molecular flexibility index (Phi) is 9.24. The summed E-state index contributed by atoms with van der Waals surface area (Å²) in [5, 5.41) is 14.1. The number of carboxylic acids is 1. The molecular weight excluding hydrogens is 633 g/mol. The number of fused-ring (bicyclic) bond motifs is 2. The fraction of sp³-hybridized carbons (Fsp3) is 0.178. The average molecular weight is 673 g/mol. The van der Waals surface area contributed by atoms with Gasteiger partial charge in [0.2, 0.25) is 0 Å². The van der Waals surface area contributed by atoms with Gasteiger partial charge < -0.3 is 24.0 Å². The molecule has 6 nitrogen and oxygen atoms in total. The van der Waals surface area contributed by atoms with Crippen LogP contribution in [0.4, 0.5) is 5.69 Å². The predicted molar refractivity (Wildman–Crippen MR) is 206 cm³/mol. The van der Waals surface area contributed by atoms with Crippen molar-refractivity contribution >= 4 is 33.3 Å². The maximum Gasteiger partial charge on any atom is 0.352 e. The van der Waals surface area contributed by atoms with E-state index in [1.54, 1.807) is 0 Å². The van der Waals surface area contributed by atoms with Crippen molar-refractivity contribution in [3.63, 3.8) is 0 Å². The van der Waals surface area contributed by atoms with Crippen LogP contribution in [-0.2, 0) is 17.7 Å². The molecule has 0 saturated carbocycles. The van der Waals surface area contributed by atoms with Gasteiger partial charge in [-0.15, -0.1) is 0 Å². The van der Waals surface area contributed by atoms with Crippen LogP contribution < -0.4 is 9.64 Å². The van der Waals surface area contributed by atoms with Crippen LogP contribution in [-0.4, -0.2) is 48.6 Å². The molecule has 0 radical (unpaired) electrons. The molecule has 1 N–H and O–H groups in total. The number of carbonyl (C=O) groups is 1. The molecule has 51 heavy (non-hydrogen) atoms. The van der Waals surface area contributed by atoms with Crippen LogP contribution in [0.25, 0.3) is 43.9 Å². The van der Waals surface area contributed by atoms with E-state index in [9.17, 15) is 9.90 Å². The molecular formula is C45H40N2O4. The van der Waals surface area contributed by atoms with Crippen molar-refractivity contribution in [3.8, 4) is 28.0 Å². The highest BCUT2D eigenvalue weighted by Crippen LogP contribution is 2.40. The van der Waals surface area contributed by atoms with Crippen molar-refractivity contribution in [2.75, 3.05) is 37.8 Å². The third-order valence-electron chi connectivity index (χ3n) is 9.89. The number of aromatic nitrogens is 1. The van der Waals surface area contributed by atoms with Gasteiger partial charge in [0, 0.05) is 47.2 Å². The minimum absolute atomic E-state index is 0.330. The van der Waals surface area contributed by atoms with Crippen LogP contribution in [0, 0.1) is 0 Å². The Bertz CT molecular complexity index is 2320. The van der Waals surface area contributed by atoms with Gasteiger partial charge in [-0.1, -0.05) is 121 Å². The molecule has 0 atom stereocenters. The summed E-state index contributed by atoms with van der Waals surface area (Å²) in [6.45, 7) is 3.87. The standard InChI is InChI=1S/C45H40N2O4/c48-45(49)44-40(22-11-27-51-42-24-9-16-34-15-4-5-18-36(34)42)39-21-10-20-38(37-19-6-7-23-41(37)46-25-28-50-29-26-46)43(39)47(44)31-32-12-8-17-35(30-32)33-13-2-1-3-14-33/h1-10,12-21,23-24,30H,11,22,25-29,31H2,(H,48,49). The normalized spacial score (nSPS) is 13.1. The maximum atomic E-state index is 13.4. The van der Waals surface area contributed by atoms with Gasteiger partial charge in [0.25, 0.3) is 0 Å². The van der Waals surface area contributed by atoms with E-state index in [1.807, 2.05) is 47.0 Å². The van der Waals surface area contributed by atoms with Crippen molar-refractivity contribution in [2.45, 2.75) is 19.4 Å². The molecule has 1 saturated heterocycles. The van der Waals surface area contributed by atoms with Crippen molar-refractivity contribution in [3.05, 3.63) is 156 Å². The second kappa shape index (κ2) is 14.6. The highest BCUT2D eigenvalue weighted by molar-refractivity contribution is 6.05. The molecule has 254 valence electrons. The lowest BCUT2D eigenvalue weighted by Gasteiger charge is -2.31. The first-order valence-electron chi connectivity index (χ1n) is 17.7. The second-order valence-corrected chi connectivity index (χ2v) is 13.0. The largest absolute Gasteiger partial charge is 0.493 e. The summed E-state index contributed by atoms with van der Waals surface area (Å²) in [4.78, 5) is 15.8. The van der Waals surface area contributed by atoms with E-state index in [0.717, 1.165) is 79.6 Å². The number of ether oxygens (including phenoxy) is 2. The van der Waals surface area contributed by atoms with Crippen LogP contribution in [0.2, 0.25) is 0 Å². The summed E-state index contributed by atoms with van der Waals surface area (Å²) in [6.07, 6.45) is 1.23. The van der Waals surface area contributed by atoms with E-state index in [4.69, 9.17) is 9.47 Å². The molecule has 6 aromatic carbocycles. The number of benzene rings is 6. The zero-order chi connectivity index (χ0) is 34.6. The average Bonchev–Trinajstić information content (AvgIpc) is 3.50. The lowest BCUT2D eigenvalue weighted by atomic mass is 9.98. The summed E-state index contributed by atoms with van der Waals surface area (Å²) < 4.78 is 14.0. The number of aromatic carboxylic acids is 1. The van der Waals surface area contributed by atoms with Crippen LogP contribution in [0.5, 0.6) is 5.75 Å². The van der Waals surface area contributed by atoms with E-state index >= 15 is 0 Å². The van der Waals surface area contributed by atoms with Crippen molar-refractivity contribution in [2.24, 2.45) is 0 Å². The van der Waals surface area contributed by atoms with Crippen molar-refractivity contribution in [1.29, 1.82) is 0 Å². The number of hydrogen-bond donors (Lipinski definition) is 1.